The van der Waals surface area contributed by atoms with Crippen LogP contribution >= 0.6 is 0 Å². The van der Waals surface area contributed by atoms with Crippen molar-refractivity contribution in [2.75, 3.05) is 13.7 Å². The van der Waals surface area contributed by atoms with E-state index in [2.05, 4.69) is 10.3 Å². The maximum atomic E-state index is 15.8. The van der Waals surface area contributed by atoms with Gasteiger partial charge in [0, 0.05) is 43.0 Å². The lowest BCUT2D eigenvalue weighted by Crippen LogP contribution is -2.51. The number of nitrogens with two attached hydrogens (primary N) is 1. The van der Waals surface area contributed by atoms with E-state index in [9.17, 15) is 22.8 Å². The number of piperidine rings is 1. The summed E-state index contributed by atoms with van der Waals surface area (Å²) in [6, 6.07) is 7.34. The molecule has 2 fully saturated rings. The van der Waals surface area contributed by atoms with Gasteiger partial charge in [0.2, 0.25) is 5.91 Å². The number of carbonyl (C=O) groups excluding carboxylic acids is 2. The number of ether oxygens (including phenoxy) is 1. The number of pyridine rings is 1. The van der Waals surface area contributed by atoms with Gasteiger partial charge in [0.25, 0.3) is 11.8 Å². The number of hydrogen-bond donors (Lipinski definition) is 2. The van der Waals surface area contributed by atoms with Gasteiger partial charge in [0.1, 0.15) is 22.3 Å². The normalized spacial score (nSPS) is 27.2. The van der Waals surface area contributed by atoms with Crippen LogP contribution in [0, 0.1) is 11.3 Å². The fraction of sp³-hybridized carbons (Fsp3) is 0.556. The highest BCUT2D eigenvalue weighted by atomic mass is 19.4. The standard InChI is InChI=1S/C36H42F5N7O3/c1-19-25-10-8-21-15-27(48(30(21)44-25)18-35(37,38)12-6-5-11-34(2,33(50)43-19)36(39,40)41)31-45-26-14-22(16-28(51-4)29(26)46(31)3)32(49)47-17-24(42)20-7-9-23(47)13-20/h8,10,14-16,19-20,23-24H,5-7,9,11-13,17-18,42H2,1-4H3,(H,43,50)/t19-,20-,23+,24+,34+/m1/s1. The van der Waals surface area contributed by atoms with E-state index < -0.39 is 48.8 Å². The number of aryl methyl sites for hydroxylation is 1. The zero-order valence-corrected chi connectivity index (χ0v) is 29.0. The topological polar surface area (TPSA) is 120 Å². The number of alkyl halides is 5. The minimum atomic E-state index is -4.87. The summed E-state index contributed by atoms with van der Waals surface area (Å²) in [5.41, 5.74) is 5.75. The Labute approximate surface area is 291 Å². The fourth-order valence-electron chi connectivity index (χ4n) is 8.14. The minimum absolute atomic E-state index is 0.0869. The molecule has 3 aromatic heterocycles. The van der Waals surface area contributed by atoms with Gasteiger partial charge in [-0.15, -0.1) is 0 Å². The lowest BCUT2D eigenvalue weighted by atomic mass is 9.82. The van der Waals surface area contributed by atoms with Crippen molar-refractivity contribution >= 4 is 33.9 Å². The molecule has 4 aromatic rings. The number of rotatable bonds is 3. The Hall–Kier alpha value is -4.27. The van der Waals surface area contributed by atoms with Crippen molar-refractivity contribution < 1.29 is 36.3 Å². The van der Waals surface area contributed by atoms with Gasteiger partial charge in [-0.2, -0.15) is 13.2 Å². The highest BCUT2D eigenvalue weighted by Crippen LogP contribution is 2.44. The van der Waals surface area contributed by atoms with Crippen LogP contribution in [-0.2, 0) is 18.4 Å². The summed E-state index contributed by atoms with van der Waals surface area (Å²) in [4.78, 5) is 38.3. The van der Waals surface area contributed by atoms with Gasteiger partial charge in [-0.05, 0) is 82.2 Å². The van der Waals surface area contributed by atoms with Crippen molar-refractivity contribution in [1.82, 2.24) is 29.3 Å². The number of carbonyl (C=O) groups is 2. The highest BCUT2D eigenvalue weighted by Gasteiger charge is 2.56. The second-order valence-corrected chi connectivity index (χ2v) is 14.7. The molecule has 1 aromatic carbocycles. The van der Waals surface area contributed by atoms with Crippen molar-refractivity contribution in [3.8, 4) is 17.3 Å². The summed E-state index contributed by atoms with van der Waals surface area (Å²) in [6.07, 6.45) is -3.86. The zero-order chi connectivity index (χ0) is 36.6. The fourth-order valence-corrected chi connectivity index (χ4v) is 8.14. The molecule has 7 rings (SSSR count). The van der Waals surface area contributed by atoms with E-state index in [1.165, 1.54) is 18.6 Å². The zero-order valence-electron chi connectivity index (χ0n) is 29.0. The molecule has 2 aliphatic heterocycles. The molecule has 51 heavy (non-hydrogen) atoms. The number of amides is 2. The molecule has 3 aliphatic rings. The number of aromatic nitrogens is 4. The van der Waals surface area contributed by atoms with Crippen LogP contribution in [0.15, 0.2) is 30.3 Å². The summed E-state index contributed by atoms with van der Waals surface area (Å²) in [6.45, 7) is 1.98. The number of nitrogens with one attached hydrogen (secondary N) is 1. The molecule has 5 atom stereocenters. The Balaban J connectivity index is 1.32. The Kier molecular flexibility index (Phi) is 8.58. The molecule has 0 spiro atoms. The third kappa shape index (κ3) is 6.00. The number of likely N-dealkylation sites (tertiary alicyclic amines) is 1. The third-order valence-electron chi connectivity index (χ3n) is 11.3. The van der Waals surface area contributed by atoms with Gasteiger partial charge in [-0.25, -0.2) is 18.7 Å². The minimum Gasteiger partial charge on any atom is -0.494 e. The predicted molar refractivity (Wildman–Crippen MR) is 180 cm³/mol. The molecule has 10 nitrogen and oxygen atoms in total. The molecule has 0 radical (unpaired) electrons. The number of fused-ring (bicyclic) bond motifs is 4. The first kappa shape index (κ1) is 35.1. The molecular formula is C36H42F5N7O3. The molecule has 3 N–H and O–H groups in total. The SMILES string of the molecule is COc1cc(C(=O)N2C[C@H](N)[C@@H]3CC[C@H]2C3)cc2nc(-c3cc4ccc5nc4n3CC(F)(F)CCCC[C@](C)(C(F)(F)F)C(=O)N[C@@H]5C)n(C)c12. The van der Waals surface area contributed by atoms with E-state index in [0.29, 0.717) is 51.7 Å². The lowest BCUT2D eigenvalue weighted by molar-refractivity contribution is -0.219. The first-order chi connectivity index (χ1) is 24.0. The molecule has 4 bridgehead atoms. The third-order valence-corrected chi connectivity index (χ3v) is 11.3. The second-order valence-electron chi connectivity index (χ2n) is 14.7. The van der Waals surface area contributed by atoms with Crippen LogP contribution in [0.1, 0.15) is 80.9 Å². The van der Waals surface area contributed by atoms with Gasteiger partial charge in [-0.1, -0.05) is 6.42 Å². The monoisotopic (exact) mass is 715 g/mol. The van der Waals surface area contributed by atoms with Crippen LogP contribution in [0.2, 0.25) is 0 Å². The van der Waals surface area contributed by atoms with E-state index in [1.54, 1.807) is 41.9 Å². The van der Waals surface area contributed by atoms with Crippen molar-refractivity contribution in [3.05, 3.63) is 41.6 Å². The number of benzene rings is 1. The smallest absolute Gasteiger partial charge is 0.402 e. The molecule has 274 valence electrons. The molecular weight excluding hydrogens is 673 g/mol. The molecule has 2 amide bonds. The highest BCUT2D eigenvalue weighted by molar-refractivity contribution is 6.00. The number of hydrogen-bond acceptors (Lipinski definition) is 6. The average Bonchev–Trinajstić information content (AvgIpc) is 3.76. The molecule has 15 heteroatoms. The van der Waals surface area contributed by atoms with E-state index in [-0.39, 0.29) is 42.2 Å². The number of halogens is 5. The summed E-state index contributed by atoms with van der Waals surface area (Å²) in [5.74, 6) is -3.60. The summed E-state index contributed by atoms with van der Waals surface area (Å²) < 4.78 is 82.9. The first-order valence-electron chi connectivity index (χ1n) is 17.4. The van der Waals surface area contributed by atoms with Crippen LogP contribution in [0.25, 0.3) is 33.6 Å². The Bertz CT molecular complexity index is 2020. The number of nitrogens with zero attached hydrogens (tertiary/aromatic N) is 5. The van der Waals surface area contributed by atoms with E-state index >= 15 is 8.78 Å². The van der Waals surface area contributed by atoms with Crippen LogP contribution in [0.5, 0.6) is 5.75 Å². The van der Waals surface area contributed by atoms with Crippen molar-refractivity contribution in [2.45, 2.75) is 95.6 Å². The Morgan fingerprint density at radius 1 is 1.10 bits per heavy atom. The van der Waals surface area contributed by atoms with E-state index in [0.717, 1.165) is 26.2 Å². The quantitative estimate of drug-likeness (QED) is 0.234. The molecule has 5 heterocycles. The average molecular weight is 716 g/mol. The summed E-state index contributed by atoms with van der Waals surface area (Å²) in [7, 11) is 3.22. The molecule has 1 saturated heterocycles. The Morgan fingerprint density at radius 3 is 2.57 bits per heavy atom. The van der Waals surface area contributed by atoms with Crippen molar-refractivity contribution in [2.24, 2.45) is 24.1 Å². The molecule has 0 unspecified atom stereocenters. The molecule has 1 saturated carbocycles. The van der Waals surface area contributed by atoms with Crippen molar-refractivity contribution in [1.29, 1.82) is 0 Å². The van der Waals surface area contributed by atoms with Gasteiger partial charge in [-0.3, -0.25) is 9.59 Å². The van der Waals surface area contributed by atoms with Gasteiger partial charge in [0.15, 0.2) is 5.82 Å². The van der Waals surface area contributed by atoms with Crippen LogP contribution in [0.4, 0.5) is 22.0 Å². The van der Waals surface area contributed by atoms with E-state index in [1.807, 2.05) is 4.90 Å². The summed E-state index contributed by atoms with van der Waals surface area (Å²) >= 11 is 0. The van der Waals surface area contributed by atoms with Gasteiger partial charge in [0.05, 0.1) is 36.6 Å². The molecule has 1 aliphatic carbocycles. The Morgan fingerprint density at radius 2 is 1.84 bits per heavy atom. The maximum absolute atomic E-state index is 15.8. The van der Waals surface area contributed by atoms with Gasteiger partial charge >= 0.3 is 6.18 Å². The van der Waals surface area contributed by atoms with E-state index in [4.69, 9.17) is 15.5 Å². The predicted octanol–water partition coefficient (Wildman–Crippen LogP) is 6.51. The second kappa shape index (κ2) is 12.4. The van der Waals surface area contributed by atoms with Crippen LogP contribution < -0.4 is 15.8 Å². The van der Waals surface area contributed by atoms with Crippen LogP contribution in [-0.4, -0.2) is 73.7 Å². The summed E-state index contributed by atoms with van der Waals surface area (Å²) in [5, 5.41) is 2.97. The number of imidazole rings is 1. The first-order valence-corrected chi connectivity index (χ1v) is 17.4. The largest absolute Gasteiger partial charge is 0.494 e. The number of methoxy groups -OCH3 is 1. The lowest BCUT2D eigenvalue weighted by Gasteiger charge is -2.37. The van der Waals surface area contributed by atoms with Crippen molar-refractivity contribution in [3.63, 3.8) is 0 Å². The van der Waals surface area contributed by atoms with Crippen LogP contribution in [0.3, 0.4) is 0 Å². The maximum Gasteiger partial charge on any atom is 0.402 e. The van der Waals surface area contributed by atoms with Gasteiger partial charge < -0.3 is 29.8 Å².